The van der Waals surface area contributed by atoms with Crippen LogP contribution < -0.4 is 10.5 Å². The van der Waals surface area contributed by atoms with Crippen molar-refractivity contribution >= 4 is 11.8 Å². The number of carbonyl (C=O) groups excluding carboxylic acids is 1. The zero-order valence-electron chi connectivity index (χ0n) is 12.6. The van der Waals surface area contributed by atoms with Gasteiger partial charge in [0.2, 0.25) is 0 Å². The summed E-state index contributed by atoms with van der Waals surface area (Å²) in [6.45, 7) is 8.59. The predicted octanol–water partition coefficient (Wildman–Crippen LogP) is 1.43. The molecule has 0 aromatic carbocycles. The number of anilines is 1. The second-order valence-electron chi connectivity index (χ2n) is 4.78. The molecule has 112 valence electrons. The van der Waals surface area contributed by atoms with Crippen molar-refractivity contribution in [2.45, 2.75) is 46.7 Å². The third-order valence-corrected chi connectivity index (χ3v) is 2.86. The normalized spacial score (nSPS) is 10.7. The SMILES string of the molecule is CCCn1ccnc(N(CC(=O)OCC)C(C)C)c1=O. The van der Waals surface area contributed by atoms with Gasteiger partial charge in [0.1, 0.15) is 6.54 Å². The van der Waals surface area contributed by atoms with Gasteiger partial charge in [-0.3, -0.25) is 9.59 Å². The fourth-order valence-corrected chi connectivity index (χ4v) is 1.90. The quantitative estimate of drug-likeness (QED) is 0.707. The van der Waals surface area contributed by atoms with E-state index in [-0.39, 0.29) is 24.1 Å². The Kier molecular flexibility index (Phi) is 6.21. The molecule has 0 aliphatic heterocycles. The van der Waals surface area contributed by atoms with Crippen molar-refractivity contribution in [2.24, 2.45) is 0 Å². The van der Waals surface area contributed by atoms with Gasteiger partial charge in [-0.1, -0.05) is 6.92 Å². The number of ether oxygens (including phenoxy) is 1. The van der Waals surface area contributed by atoms with Crippen LogP contribution in [0.2, 0.25) is 0 Å². The highest BCUT2D eigenvalue weighted by molar-refractivity contribution is 5.75. The first-order valence-electron chi connectivity index (χ1n) is 6.98. The van der Waals surface area contributed by atoms with Gasteiger partial charge in [-0.15, -0.1) is 0 Å². The molecule has 0 amide bonds. The van der Waals surface area contributed by atoms with Crippen molar-refractivity contribution in [2.75, 3.05) is 18.1 Å². The molecule has 1 aromatic rings. The third-order valence-electron chi connectivity index (χ3n) is 2.86. The van der Waals surface area contributed by atoms with Crippen LogP contribution in [0.3, 0.4) is 0 Å². The van der Waals surface area contributed by atoms with E-state index in [2.05, 4.69) is 4.98 Å². The van der Waals surface area contributed by atoms with E-state index in [9.17, 15) is 9.59 Å². The maximum atomic E-state index is 12.4. The highest BCUT2D eigenvalue weighted by atomic mass is 16.5. The Balaban J connectivity index is 3.06. The molecule has 6 heteroatoms. The first kappa shape index (κ1) is 16.2. The molecule has 20 heavy (non-hydrogen) atoms. The summed E-state index contributed by atoms with van der Waals surface area (Å²) in [7, 11) is 0. The van der Waals surface area contributed by atoms with Crippen molar-refractivity contribution in [1.29, 1.82) is 0 Å². The van der Waals surface area contributed by atoms with Crippen LogP contribution in [0.25, 0.3) is 0 Å². The van der Waals surface area contributed by atoms with E-state index in [0.29, 0.717) is 19.0 Å². The van der Waals surface area contributed by atoms with Gasteiger partial charge >= 0.3 is 5.97 Å². The maximum absolute atomic E-state index is 12.4. The number of nitrogens with zero attached hydrogens (tertiary/aromatic N) is 3. The number of rotatable bonds is 7. The minimum atomic E-state index is -0.353. The maximum Gasteiger partial charge on any atom is 0.325 e. The molecule has 0 unspecified atom stereocenters. The summed E-state index contributed by atoms with van der Waals surface area (Å²) < 4.78 is 6.56. The van der Waals surface area contributed by atoms with E-state index in [1.807, 2.05) is 20.8 Å². The molecule has 1 heterocycles. The fourth-order valence-electron chi connectivity index (χ4n) is 1.90. The van der Waals surface area contributed by atoms with Gasteiger partial charge in [0.05, 0.1) is 6.61 Å². The van der Waals surface area contributed by atoms with Crippen LogP contribution in [0.5, 0.6) is 0 Å². The zero-order valence-corrected chi connectivity index (χ0v) is 12.6. The van der Waals surface area contributed by atoms with Crippen LogP contribution in [0, 0.1) is 0 Å². The molecule has 0 aliphatic carbocycles. The molecule has 0 fully saturated rings. The number of carbonyl (C=O) groups is 1. The highest BCUT2D eigenvalue weighted by Gasteiger charge is 2.20. The molecule has 0 saturated heterocycles. The average molecular weight is 281 g/mol. The van der Waals surface area contributed by atoms with Crippen molar-refractivity contribution in [3.8, 4) is 0 Å². The van der Waals surface area contributed by atoms with Crippen LogP contribution in [0.15, 0.2) is 17.2 Å². The van der Waals surface area contributed by atoms with E-state index in [1.165, 1.54) is 0 Å². The van der Waals surface area contributed by atoms with Crippen LogP contribution in [0.1, 0.15) is 34.1 Å². The Hall–Kier alpha value is -1.85. The average Bonchev–Trinajstić information content (AvgIpc) is 2.39. The number of hydrogen-bond donors (Lipinski definition) is 0. The van der Waals surface area contributed by atoms with E-state index >= 15 is 0 Å². The monoisotopic (exact) mass is 281 g/mol. The second kappa shape index (κ2) is 7.67. The molecule has 0 spiro atoms. The van der Waals surface area contributed by atoms with Gasteiger partial charge in [0.15, 0.2) is 5.82 Å². The summed E-state index contributed by atoms with van der Waals surface area (Å²) in [5.74, 6) is -0.0581. The molecule has 0 saturated carbocycles. The summed E-state index contributed by atoms with van der Waals surface area (Å²) in [5, 5.41) is 0. The van der Waals surface area contributed by atoms with Crippen LogP contribution >= 0.6 is 0 Å². The van der Waals surface area contributed by atoms with Crippen LogP contribution in [-0.4, -0.2) is 34.7 Å². The van der Waals surface area contributed by atoms with Gasteiger partial charge in [-0.05, 0) is 27.2 Å². The lowest BCUT2D eigenvalue weighted by atomic mass is 10.3. The van der Waals surface area contributed by atoms with E-state index in [1.54, 1.807) is 28.8 Å². The Morgan fingerprint density at radius 1 is 1.45 bits per heavy atom. The van der Waals surface area contributed by atoms with Crippen molar-refractivity contribution in [3.05, 3.63) is 22.7 Å². The molecular weight excluding hydrogens is 258 g/mol. The highest BCUT2D eigenvalue weighted by Crippen LogP contribution is 2.08. The lowest BCUT2D eigenvalue weighted by Crippen LogP contribution is -2.41. The molecule has 0 aliphatic rings. The number of hydrogen-bond acceptors (Lipinski definition) is 5. The third kappa shape index (κ3) is 4.08. The van der Waals surface area contributed by atoms with E-state index in [0.717, 1.165) is 6.42 Å². The first-order valence-corrected chi connectivity index (χ1v) is 6.98. The van der Waals surface area contributed by atoms with E-state index in [4.69, 9.17) is 4.74 Å². The van der Waals surface area contributed by atoms with Gasteiger partial charge in [0.25, 0.3) is 5.56 Å². The van der Waals surface area contributed by atoms with E-state index < -0.39 is 0 Å². The van der Waals surface area contributed by atoms with Gasteiger partial charge < -0.3 is 14.2 Å². The molecule has 0 N–H and O–H groups in total. The predicted molar refractivity (Wildman–Crippen MR) is 77.9 cm³/mol. The van der Waals surface area contributed by atoms with Crippen molar-refractivity contribution in [1.82, 2.24) is 9.55 Å². The first-order chi connectivity index (χ1) is 9.51. The largest absolute Gasteiger partial charge is 0.465 e. The van der Waals surface area contributed by atoms with Gasteiger partial charge in [0, 0.05) is 25.0 Å². The summed E-state index contributed by atoms with van der Waals surface area (Å²) in [6, 6.07) is -0.0166. The van der Waals surface area contributed by atoms with Crippen molar-refractivity contribution < 1.29 is 9.53 Å². The van der Waals surface area contributed by atoms with Crippen molar-refractivity contribution in [3.63, 3.8) is 0 Å². The summed E-state index contributed by atoms with van der Waals surface area (Å²) in [5.41, 5.74) is -0.174. The molecule has 0 bridgehead atoms. The summed E-state index contributed by atoms with van der Waals surface area (Å²) >= 11 is 0. The fraction of sp³-hybridized carbons (Fsp3) is 0.643. The molecule has 0 atom stereocenters. The lowest BCUT2D eigenvalue weighted by molar-refractivity contribution is -0.141. The molecular formula is C14H23N3O3. The Bertz CT molecular complexity index is 497. The molecule has 1 rings (SSSR count). The van der Waals surface area contributed by atoms with Crippen LogP contribution in [-0.2, 0) is 16.1 Å². The number of aromatic nitrogens is 2. The number of aryl methyl sites for hydroxylation is 1. The van der Waals surface area contributed by atoms with Gasteiger partial charge in [-0.25, -0.2) is 4.98 Å². The standard InChI is InChI=1S/C14H23N3O3/c1-5-8-16-9-7-15-13(14(16)19)17(11(3)4)10-12(18)20-6-2/h7,9,11H,5-6,8,10H2,1-4H3. The zero-order chi connectivity index (χ0) is 15.1. The minimum absolute atomic E-state index is 0.0166. The Labute approximate surface area is 119 Å². The summed E-state index contributed by atoms with van der Waals surface area (Å²) in [6.07, 6.45) is 4.12. The van der Waals surface area contributed by atoms with Gasteiger partial charge in [-0.2, -0.15) is 0 Å². The molecule has 0 radical (unpaired) electrons. The summed E-state index contributed by atoms with van der Waals surface area (Å²) in [4.78, 5) is 29.8. The second-order valence-corrected chi connectivity index (χ2v) is 4.78. The topological polar surface area (TPSA) is 64.4 Å². The molecule has 6 nitrogen and oxygen atoms in total. The van der Waals surface area contributed by atoms with Crippen LogP contribution in [0.4, 0.5) is 5.82 Å². The lowest BCUT2D eigenvalue weighted by Gasteiger charge is -2.26. The smallest absolute Gasteiger partial charge is 0.325 e. The Morgan fingerprint density at radius 2 is 2.15 bits per heavy atom. The Morgan fingerprint density at radius 3 is 2.70 bits per heavy atom. The molecule has 1 aromatic heterocycles. The number of esters is 1. The minimum Gasteiger partial charge on any atom is -0.465 e.